The molecule has 0 aromatic heterocycles. The quantitative estimate of drug-likeness (QED) is 0.665. The third-order valence-electron chi connectivity index (χ3n) is 3.08. The van der Waals surface area contributed by atoms with E-state index in [2.05, 4.69) is 82.3 Å². The van der Waals surface area contributed by atoms with Crippen LogP contribution in [0.2, 0.25) is 0 Å². The second-order valence-corrected chi connectivity index (χ2v) is 6.69. The van der Waals surface area contributed by atoms with Crippen LogP contribution in [0.3, 0.4) is 0 Å². The van der Waals surface area contributed by atoms with Crippen molar-refractivity contribution in [2.45, 2.75) is 52.6 Å². The first-order valence-electron chi connectivity index (χ1n) is 6.24. The number of benzene rings is 1. The molecule has 0 fully saturated rings. The van der Waals surface area contributed by atoms with Crippen LogP contribution in [0, 0.1) is 6.67 Å². The molecule has 0 saturated heterocycles. The summed E-state index contributed by atoms with van der Waals surface area (Å²) in [4.78, 5) is 4.71. The van der Waals surface area contributed by atoms with Gasteiger partial charge < -0.3 is 9.80 Å². The van der Waals surface area contributed by atoms with Gasteiger partial charge in [0.2, 0.25) is 0 Å². The van der Waals surface area contributed by atoms with Crippen LogP contribution >= 0.6 is 0 Å². The standard InChI is InChI=1S/C15H23N2/c1-14(2,3)16-11-17(15(4,5)6)13-10-8-7-9-12(13)16/h7-11H,1-6H3. The lowest BCUT2D eigenvalue weighted by Crippen LogP contribution is -2.45. The number of hydrogen-bond acceptors (Lipinski definition) is 2. The molecule has 1 aromatic rings. The monoisotopic (exact) mass is 231 g/mol. The topological polar surface area (TPSA) is 6.48 Å². The summed E-state index contributed by atoms with van der Waals surface area (Å²) < 4.78 is 0. The van der Waals surface area contributed by atoms with E-state index in [-0.39, 0.29) is 11.1 Å². The number of anilines is 2. The van der Waals surface area contributed by atoms with Gasteiger partial charge in [-0.05, 0) is 53.7 Å². The third kappa shape index (κ3) is 2.13. The van der Waals surface area contributed by atoms with Crippen LogP contribution in [0.1, 0.15) is 41.5 Å². The molecular formula is C15H23N2. The van der Waals surface area contributed by atoms with E-state index >= 15 is 0 Å². The molecule has 2 nitrogen and oxygen atoms in total. The van der Waals surface area contributed by atoms with Gasteiger partial charge in [-0.1, -0.05) is 12.1 Å². The molecule has 0 bridgehead atoms. The number of para-hydroxylation sites is 2. The second-order valence-electron chi connectivity index (χ2n) is 6.69. The molecule has 0 amide bonds. The molecule has 1 heterocycles. The minimum absolute atomic E-state index is 0.107. The first kappa shape index (κ1) is 12.3. The van der Waals surface area contributed by atoms with Crippen molar-refractivity contribution in [3.8, 4) is 0 Å². The highest BCUT2D eigenvalue weighted by Gasteiger charge is 2.37. The number of hydrogen-bond donors (Lipinski definition) is 0. The van der Waals surface area contributed by atoms with E-state index < -0.39 is 0 Å². The highest BCUT2D eigenvalue weighted by atomic mass is 15.4. The Labute approximate surface area is 105 Å². The molecule has 1 radical (unpaired) electrons. The van der Waals surface area contributed by atoms with Crippen LogP contribution < -0.4 is 9.80 Å². The highest BCUT2D eigenvalue weighted by Crippen LogP contribution is 2.44. The zero-order valence-corrected chi connectivity index (χ0v) is 11.8. The van der Waals surface area contributed by atoms with Crippen molar-refractivity contribution in [3.63, 3.8) is 0 Å². The Balaban J connectivity index is 2.47. The van der Waals surface area contributed by atoms with Gasteiger partial charge in [0, 0.05) is 11.1 Å². The van der Waals surface area contributed by atoms with Gasteiger partial charge in [-0.15, -0.1) is 0 Å². The molecule has 0 N–H and O–H groups in total. The van der Waals surface area contributed by atoms with Gasteiger partial charge >= 0.3 is 0 Å². The summed E-state index contributed by atoms with van der Waals surface area (Å²) in [6, 6.07) is 8.61. The maximum Gasteiger partial charge on any atom is 0.143 e. The van der Waals surface area contributed by atoms with E-state index in [1.54, 1.807) is 0 Å². The van der Waals surface area contributed by atoms with Gasteiger partial charge in [0.1, 0.15) is 6.67 Å². The number of fused-ring (bicyclic) bond motifs is 1. The Morgan fingerprint density at radius 2 is 1.06 bits per heavy atom. The molecule has 0 saturated carbocycles. The summed E-state index contributed by atoms with van der Waals surface area (Å²) in [5.41, 5.74) is 2.82. The molecule has 0 atom stereocenters. The van der Waals surface area contributed by atoms with E-state index in [0.29, 0.717) is 0 Å². The molecule has 17 heavy (non-hydrogen) atoms. The smallest absolute Gasteiger partial charge is 0.143 e. The van der Waals surface area contributed by atoms with Gasteiger partial charge in [0.05, 0.1) is 11.4 Å². The summed E-state index contributed by atoms with van der Waals surface area (Å²) in [7, 11) is 0. The van der Waals surface area contributed by atoms with Gasteiger partial charge in [0.15, 0.2) is 0 Å². The zero-order chi connectivity index (χ0) is 12.8. The van der Waals surface area contributed by atoms with Gasteiger partial charge in [-0.3, -0.25) is 0 Å². The first-order chi connectivity index (χ1) is 7.71. The Morgan fingerprint density at radius 3 is 1.35 bits per heavy atom. The molecule has 2 rings (SSSR count). The van der Waals surface area contributed by atoms with E-state index in [9.17, 15) is 0 Å². The number of rotatable bonds is 0. The lowest BCUT2D eigenvalue weighted by molar-refractivity contribution is 0.498. The number of nitrogens with zero attached hydrogens (tertiary/aromatic N) is 2. The summed E-state index contributed by atoms with van der Waals surface area (Å²) in [5, 5.41) is 0. The van der Waals surface area contributed by atoms with Crippen LogP contribution in [0.15, 0.2) is 24.3 Å². The molecule has 1 aromatic carbocycles. The van der Waals surface area contributed by atoms with Crippen molar-refractivity contribution < 1.29 is 0 Å². The van der Waals surface area contributed by atoms with Gasteiger partial charge in [-0.25, -0.2) is 0 Å². The zero-order valence-electron chi connectivity index (χ0n) is 11.8. The molecule has 0 spiro atoms. The van der Waals surface area contributed by atoms with Gasteiger partial charge in [-0.2, -0.15) is 0 Å². The lowest BCUT2D eigenvalue weighted by atomic mass is 10.1. The van der Waals surface area contributed by atoms with Crippen molar-refractivity contribution in [1.82, 2.24) is 0 Å². The van der Waals surface area contributed by atoms with E-state index in [1.165, 1.54) is 11.4 Å². The SMILES string of the molecule is CC(C)(C)N1[CH]N(C(C)(C)C)c2ccccc21. The maximum atomic E-state index is 2.35. The summed E-state index contributed by atoms with van der Waals surface area (Å²) >= 11 is 0. The largest absolute Gasteiger partial charge is 0.341 e. The molecule has 0 aliphatic carbocycles. The van der Waals surface area contributed by atoms with Crippen LogP contribution in [0.5, 0.6) is 0 Å². The normalized spacial score (nSPS) is 16.4. The van der Waals surface area contributed by atoms with Crippen molar-refractivity contribution in [2.24, 2.45) is 0 Å². The highest BCUT2D eigenvalue weighted by molar-refractivity contribution is 5.80. The van der Waals surface area contributed by atoms with Crippen LogP contribution in [-0.2, 0) is 0 Å². The van der Waals surface area contributed by atoms with Gasteiger partial charge in [0.25, 0.3) is 0 Å². The fourth-order valence-electron chi connectivity index (χ4n) is 2.18. The van der Waals surface area contributed by atoms with Crippen LogP contribution in [0.4, 0.5) is 11.4 Å². The van der Waals surface area contributed by atoms with Crippen molar-refractivity contribution in [2.75, 3.05) is 9.80 Å². The summed E-state index contributed by atoms with van der Waals surface area (Å²) in [6.45, 7) is 15.7. The fourth-order valence-corrected chi connectivity index (χ4v) is 2.18. The molecule has 2 heteroatoms. The predicted octanol–water partition coefficient (Wildman–Crippen LogP) is 4.03. The first-order valence-corrected chi connectivity index (χ1v) is 6.24. The second kappa shape index (κ2) is 3.66. The van der Waals surface area contributed by atoms with Crippen molar-refractivity contribution in [1.29, 1.82) is 0 Å². The fraction of sp³-hybridized carbons (Fsp3) is 0.533. The maximum absolute atomic E-state index is 2.35. The van der Waals surface area contributed by atoms with E-state index in [4.69, 9.17) is 0 Å². The minimum Gasteiger partial charge on any atom is -0.341 e. The summed E-state index contributed by atoms with van der Waals surface area (Å²) in [6.07, 6.45) is 0. The third-order valence-corrected chi connectivity index (χ3v) is 3.08. The predicted molar refractivity (Wildman–Crippen MR) is 75.2 cm³/mol. The van der Waals surface area contributed by atoms with E-state index in [0.717, 1.165) is 0 Å². The van der Waals surface area contributed by atoms with Crippen LogP contribution in [0.25, 0.3) is 0 Å². The van der Waals surface area contributed by atoms with Crippen molar-refractivity contribution in [3.05, 3.63) is 30.9 Å². The Bertz CT molecular complexity index is 371. The summed E-state index contributed by atoms with van der Waals surface area (Å²) in [5.74, 6) is 0. The molecule has 0 unspecified atom stereocenters. The average molecular weight is 231 g/mol. The van der Waals surface area contributed by atoms with E-state index in [1.807, 2.05) is 0 Å². The van der Waals surface area contributed by atoms with Crippen LogP contribution in [-0.4, -0.2) is 11.1 Å². The molecule has 93 valence electrons. The Kier molecular flexibility index (Phi) is 2.64. The molecule has 1 aliphatic rings. The molecule has 1 aliphatic heterocycles. The Hall–Kier alpha value is -1.18. The average Bonchev–Trinajstić information content (AvgIpc) is 2.55. The van der Waals surface area contributed by atoms with Crippen molar-refractivity contribution >= 4 is 11.4 Å². The molecular weight excluding hydrogens is 208 g/mol. The Morgan fingerprint density at radius 1 is 0.706 bits per heavy atom. The minimum atomic E-state index is 0.107. The lowest BCUT2D eigenvalue weighted by Gasteiger charge is -2.37.